The molecular weight excluding hydrogens is 236 g/mol. The Balaban J connectivity index is 2.52. The van der Waals surface area contributed by atoms with Crippen molar-refractivity contribution < 1.29 is 9.53 Å². The minimum absolute atomic E-state index is 0.220. The van der Waals surface area contributed by atoms with Gasteiger partial charge in [0.25, 0.3) is 0 Å². The number of hydrogen-bond acceptors (Lipinski definition) is 5. The second-order valence-electron chi connectivity index (χ2n) is 4.50. The predicted molar refractivity (Wildman–Crippen MR) is 72.4 cm³/mol. The molecule has 1 N–H and O–H groups in total. The van der Waals surface area contributed by atoms with Crippen molar-refractivity contribution in [2.75, 3.05) is 12.4 Å². The lowest BCUT2D eigenvalue weighted by Gasteiger charge is -2.24. The first-order valence-corrected chi connectivity index (χ1v) is 7.17. The Labute approximate surface area is 108 Å². The van der Waals surface area contributed by atoms with Crippen molar-refractivity contribution in [2.24, 2.45) is 10.9 Å². The fourth-order valence-electron chi connectivity index (χ4n) is 1.60. The molecule has 1 heterocycles. The number of nitrogens with zero attached hydrogens (tertiary/aromatic N) is 1. The molecule has 0 radical (unpaired) electrons. The van der Waals surface area contributed by atoms with E-state index in [-0.39, 0.29) is 12.0 Å². The van der Waals surface area contributed by atoms with E-state index in [1.54, 1.807) is 18.7 Å². The normalized spacial score (nSPS) is 21.9. The van der Waals surface area contributed by atoms with E-state index in [9.17, 15) is 4.79 Å². The lowest BCUT2D eigenvalue weighted by molar-refractivity contribution is -0.144. The summed E-state index contributed by atoms with van der Waals surface area (Å²) in [5.41, 5.74) is 0. The second-order valence-corrected chi connectivity index (χ2v) is 5.58. The van der Waals surface area contributed by atoms with E-state index >= 15 is 0 Å². The molecule has 17 heavy (non-hydrogen) atoms. The van der Waals surface area contributed by atoms with Crippen molar-refractivity contribution in [2.45, 2.75) is 46.2 Å². The molecule has 0 aromatic rings. The van der Waals surface area contributed by atoms with Crippen molar-refractivity contribution >= 4 is 22.9 Å². The van der Waals surface area contributed by atoms with Gasteiger partial charge in [0.2, 0.25) is 0 Å². The summed E-state index contributed by atoms with van der Waals surface area (Å²) in [6.45, 7) is 8.39. The van der Waals surface area contributed by atoms with Crippen LogP contribution < -0.4 is 5.32 Å². The molecular formula is C12H22N2O2S. The molecule has 2 unspecified atom stereocenters. The zero-order valence-electron chi connectivity index (χ0n) is 11.0. The third kappa shape index (κ3) is 4.58. The molecule has 1 rings (SSSR count). The van der Waals surface area contributed by atoms with Crippen LogP contribution in [0.5, 0.6) is 0 Å². The summed E-state index contributed by atoms with van der Waals surface area (Å²) in [7, 11) is 0. The van der Waals surface area contributed by atoms with Crippen LogP contribution >= 0.6 is 11.8 Å². The van der Waals surface area contributed by atoms with Crippen molar-refractivity contribution in [1.29, 1.82) is 0 Å². The van der Waals surface area contributed by atoms with Crippen molar-refractivity contribution in [1.82, 2.24) is 5.32 Å². The molecule has 0 spiro atoms. The molecule has 0 aliphatic carbocycles. The van der Waals surface area contributed by atoms with Gasteiger partial charge < -0.3 is 10.1 Å². The zero-order chi connectivity index (χ0) is 12.8. The number of esters is 1. The van der Waals surface area contributed by atoms with Gasteiger partial charge in [-0.2, -0.15) is 0 Å². The Morgan fingerprint density at radius 2 is 2.29 bits per heavy atom. The summed E-state index contributed by atoms with van der Waals surface area (Å²) in [5, 5.41) is 4.00. The first kappa shape index (κ1) is 14.4. The van der Waals surface area contributed by atoms with E-state index in [0.29, 0.717) is 18.6 Å². The summed E-state index contributed by atoms with van der Waals surface area (Å²) in [4.78, 5) is 16.1. The average molecular weight is 258 g/mol. The van der Waals surface area contributed by atoms with Crippen LogP contribution in [-0.2, 0) is 9.53 Å². The first-order chi connectivity index (χ1) is 8.04. The third-order valence-electron chi connectivity index (χ3n) is 2.69. The lowest BCUT2D eigenvalue weighted by atomic mass is 10.0. The third-order valence-corrected chi connectivity index (χ3v) is 3.62. The SMILES string of the molecule is CCOC(=O)C(C)NC1=NC(C(C)C)CCS1. The van der Waals surface area contributed by atoms with Gasteiger partial charge in [0.1, 0.15) is 6.04 Å². The number of nitrogens with one attached hydrogen (secondary N) is 1. The Morgan fingerprint density at radius 1 is 1.59 bits per heavy atom. The number of thioether (sulfide) groups is 1. The summed E-state index contributed by atoms with van der Waals surface area (Å²) in [5.74, 6) is 1.39. The molecule has 0 aromatic carbocycles. The van der Waals surface area contributed by atoms with Crippen LogP contribution in [0.3, 0.4) is 0 Å². The standard InChI is InChI=1S/C12H22N2O2S/c1-5-16-11(15)9(4)13-12-14-10(8(2)3)6-7-17-12/h8-10H,5-7H2,1-4H3,(H,13,14). The van der Waals surface area contributed by atoms with Gasteiger partial charge in [-0.15, -0.1) is 0 Å². The molecule has 0 saturated carbocycles. The zero-order valence-corrected chi connectivity index (χ0v) is 11.8. The Morgan fingerprint density at radius 3 is 2.88 bits per heavy atom. The highest BCUT2D eigenvalue weighted by atomic mass is 32.2. The maximum Gasteiger partial charge on any atom is 0.328 e. The molecule has 5 heteroatoms. The summed E-state index contributed by atoms with van der Waals surface area (Å²) in [6.07, 6.45) is 1.11. The predicted octanol–water partition coefficient (Wildman–Crippen LogP) is 2.05. The van der Waals surface area contributed by atoms with E-state index in [0.717, 1.165) is 17.3 Å². The van der Waals surface area contributed by atoms with Gasteiger partial charge in [0.05, 0.1) is 12.6 Å². The molecule has 0 amide bonds. The topological polar surface area (TPSA) is 50.7 Å². The molecule has 1 aliphatic heterocycles. The Hall–Kier alpha value is -0.710. The lowest BCUT2D eigenvalue weighted by Crippen LogP contribution is -2.40. The highest BCUT2D eigenvalue weighted by molar-refractivity contribution is 8.13. The average Bonchev–Trinajstić information content (AvgIpc) is 2.29. The monoisotopic (exact) mass is 258 g/mol. The molecule has 2 atom stereocenters. The molecule has 0 saturated heterocycles. The smallest absolute Gasteiger partial charge is 0.328 e. The van der Waals surface area contributed by atoms with Crippen molar-refractivity contribution in [3.8, 4) is 0 Å². The van der Waals surface area contributed by atoms with Crippen LogP contribution in [-0.4, -0.2) is 35.6 Å². The highest BCUT2D eigenvalue weighted by Crippen LogP contribution is 2.21. The highest BCUT2D eigenvalue weighted by Gasteiger charge is 2.21. The molecule has 4 nitrogen and oxygen atoms in total. The van der Waals surface area contributed by atoms with E-state index in [1.165, 1.54) is 0 Å². The van der Waals surface area contributed by atoms with Crippen molar-refractivity contribution in [3.05, 3.63) is 0 Å². The largest absolute Gasteiger partial charge is 0.464 e. The molecule has 1 aliphatic rings. The van der Waals surface area contributed by atoms with Gasteiger partial charge in [0, 0.05) is 5.75 Å². The minimum Gasteiger partial charge on any atom is -0.464 e. The van der Waals surface area contributed by atoms with E-state index in [1.807, 2.05) is 6.92 Å². The van der Waals surface area contributed by atoms with E-state index < -0.39 is 0 Å². The number of amidine groups is 1. The minimum atomic E-state index is -0.327. The Kier molecular flexibility index (Phi) is 5.82. The summed E-state index contributed by atoms with van der Waals surface area (Å²) in [6, 6.07) is 0.0419. The van der Waals surface area contributed by atoms with Gasteiger partial charge in [0.15, 0.2) is 5.17 Å². The molecule has 98 valence electrons. The number of carbonyl (C=O) groups excluding carboxylic acids is 1. The molecule has 0 fully saturated rings. The fraction of sp³-hybridized carbons (Fsp3) is 0.833. The Bertz CT molecular complexity index is 292. The van der Waals surface area contributed by atoms with Gasteiger partial charge >= 0.3 is 5.97 Å². The van der Waals surface area contributed by atoms with Crippen LogP contribution in [0.2, 0.25) is 0 Å². The van der Waals surface area contributed by atoms with Crippen LogP contribution in [0.1, 0.15) is 34.1 Å². The van der Waals surface area contributed by atoms with E-state index in [4.69, 9.17) is 4.74 Å². The molecule has 0 bridgehead atoms. The van der Waals surface area contributed by atoms with Crippen LogP contribution in [0, 0.1) is 5.92 Å². The van der Waals surface area contributed by atoms with Crippen LogP contribution in [0.25, 0.3) is 0 Å². The van der Waals surface area contributed by atoms with Gasteiger partial charge in [-0.3, -0.25) is 4.99 Å². The maximum absolute atomic E-state index is 11.5. The van der Waals surface area contributed by atoms with E-state index in [2.05, 4.69) is 24.2 Å². The van der Waals surface area contributed by atoms with Gasteiger partial charge in [-0.05, 0) is 26.2 Å². The maximum atomic E-state index is 11.5. The van der Waals surface area contributed by atoms with Crippen molar-refractivity contribution in [3.63, 3.8) is 0 Å². The number of aliphatic imine (C=N–C) groups is 1. The summed E-state index contributed by atoms with van der Waals surface area (Å²) < 4.78 is 4.95. The number of rotatable bonds is 4. The van der Waals surface area contributed by atoms with Gasteiger partial charge in [-0.25, -0.2) is 4.79 Å². The van der Waals surface area contributed by atoms with Gasteiger partial charge in [-0.1, -0.05) is 25.6 Å². The number of carbonyl (C=O) groups is 1. The second kappa shape index (κ2) is 6.89. The quantitative estimate of drug-likeness (QED) is 0.784. The first-order valence-electron chi connectivity index (χ1n) is 6.18. The summed E-state index contributed by atoms with van der Waals surface area (Å²) >= 11 is 1.68. The van der Waals surface area contributed by atoms with Crippen LogP contribution in [0.15, 0.2) is 4.99 Å². The number of hydrogen-bond donors (Lipinski definition) is 1. The van der Waals surface area contributed by atoms with Crippen LogP contribution in [0.4, 0.5) is 0 Å². The fourth-order valence-corrected chi connectivity index (χ4v) is 2.62. The number of ether oxygens (including phenoxy) is 1. The molecule has 0 aromatic heterocycles.